The van der Waals surface area contributed by atoms with Gasteiger partial charge in [0.25, 0.3) is 5.91 Å². The minimum Gasteiger partial charge on any atom is -0.331 e. The van der Waals surface area contributed by atoms with Crippen LogP contribution in [0.2, 0.25) is 5.02 Å². The van der Waals surface area contributed by atoms with Crippen LogP contribution in [0.3, 0.4) is 0 Å². The number of nitrogens with zero attached hydrogens (tertiary/aromatic N) is 2. The van der Waals surface area contributed by atoms with Crippen LogP contribution in [0.5, 0.6) is 0 Å². The molecule has 0 aliphatic heterocycles. The van der Waals surface area contributed by atoms with Crippen LogP contribution < -0.4 is 0 Å². The second kappa shape index (κ2) is 10.7. The van der Waals surface area contributed by atoms with E-state index in [1.54, 1.807) is 12.4 Å². The third-order valence-electron chi connectivity index (χ3n) is 7.09. The molecular weight excluding hydrogens is 498 g/mol. The van der Waals surface area contributed by atoms with Crippen LogP contribution in [0, 0.1) is 11.6 Å². The minimum atomic E-state index is -0.616. The van der Waals surface area contributed by atoms with Crippen LogP contribution in [0.4, 0.5) is 8.78 Å². The highest BCUT2D eigenvalue weighted by atomic mass is 35.5. The van der Waals surface area contributed by atoms with Crippen molar-refractivity contribution in [3.63, 3.8) is 0 Å². The van der Waals surface area contributed by atoms with Gasteiger partial charge in [-0.05, 0) is 71.8 Å². The molecule has 4 aromatic rings. The molecule has 0 atom stereocenters. The zero-order chi connectivity index (χ0) is 25.2. The third kappa shape index (κ3) is 4.76. The summed E-state index contributed by atoms with van der Waals surface area (Å²) in [5.74, 6) is -1.45. The van der Waals surface area contributed by atoms with Gasteiger partial charge in [-0.15, -0.1) is 11.3 Å². The van der Waals surface area contributed by atoms with Crippen molar-refractivity contribution in [2.75, 3.05) is 0 Å². The van der Waals surface area contributed by atoms with Gasteiger partial charge in [0.1, 0.15) is 16.5 Å². The lowest BCUT2D eigenvalue weighted by atomic mass is 9.92. The molecule has 1 saturated carbocycles. The van der Waals surface area contributed by atoms with Gasteiger partial charge in [0.2, 0.25) is 0 Å². The van der Waals surface area contributed by atoms with Crippen LogP contribution in [-0.4, -0.2) is 21.8 Å². The number of aromatic nitrogens is 1. The first-order valence-corrected chi connectivity index (χ1v) is 13.6. The number of benzene rings is 2. The summed E-state index contributed by atoms with van der Waals surface area (Å²) >= 11 is 7.47. The normalized spacial score (nSPS) is 14.3. The van der Waals surface area contributed by atoms with E-state index in [1.807, 2.05) is 17.0 Å². The molecule has 5 rings (SSSR count). The molecule has 186 valence electrons. The fraction of sp³-hybridized carbons (Fsp3) is 0.310. The van der Waals surface area contributed by atoms with E-state index >= 15 is 0 Å². The molecule has 0 radical (unpaired) electrons. The Morgan fingerprint density at radius 2 is 1.72 bits per heavy atom. The third-order valence-corrected chi connectivity index (χ3v) is 8.77. The maximum atomic E-state index is 14.5. The summed E-state index contributed by atoms with van der Waals surface area (Å²) in [5.41, 5.74) is 4.36. The predicted molar refractivity (Wildman–Crippen MR) is 143 cm³/mol. The summed E-state index contributed by atoms with van der Waals surface area (Å²) in [6.45, 7) is 2.52. The maximum Gasteiger partial charge on any atom is 0.266 e. The monoisotopic (exact) mass is 524 g/mol. The van der Waals surface area contributed by atoms with Crippen molar-refractivity contribution in [3.05, 3.63) is 87.5 Å². The molecule has 0 bridgehead atoms. The van der Waals surface area contributed by atoms with Crippen LogP contribution in [0.1, 0.15) is 59.8 Å². The molecule has 1 aliphatic rings. The molecule has 0 spiro atoms. The average Bonchev–Trinajstić information content (AvgIpc) is 3.28. The SMILES string of the molecule is CCc1ccc(-c2ccncc2)cc1CN(C(=O)c1sc2c(F)ccc(F)c2c1Cl)C1CCCCC1. The van der Waals surface area contributed by atoms with Crippen molar-refractivity contribution >= 4 is 38.9 Å². The number of amides is 1. The summed E-state index contributed by atoms with van der Waals surface area (Å²) in [6, 6.07) is 12.5. The van der Waals surface area contributed by atoms with E-state index in [2.05, 4.69) is 30.1 Å². The standard InChI is InChI=1S/C29H27ClF2N2OS/c1-2-18-8-9-20(19-12-14-33-15-13-19)16-21(18)17-34(22-6-4-3-5-7-22)29(35)28-26(30)25-23(31)10-11-24(32)27(25)36-28/h8-16,22H,2-7,17H2,1H3. The number of thiophene rings is 1. The zero-order valence-electron chi connectivity index (χ0n) is 20.1. The fourth-order valence-electron chi connectivity index (χ4n) is 5.15. The minimum absolute atomic E-state index is 0.000870. The number of hydrogen-bond acceptors (Lipinski definition) is 3. The van der Waals surface area contributed by atoms with Crippen LogP contribution in [-0.2, 0) is 13.0 Å². The lowest BCUT2D eigenvalue weighted by Crippen LogP contribution is -2.41. The zero-order valence-corrected chi connectivity index (χ0v) is 21.6. The Bertz CT molecular complexity index is 1400. The molecule has 7 heteroatoms. The van der Waals surface area contributed by atoms with Gasteiger partial charge in [-0.25, -0.2) is 8.78 Å². The van der Waals surface area contributed by atoms with E-state index in [1.165, 1.54) is 5.56 Å². The average molecular weight is 525 g/mol. The number of pyridine rings is 1. The van der Waals surface area contributed by atoms with Crippen molar-refractivity contribution in [2.24, 2.45) is 0 Å². The topological polar surface area (TPSA) is 33.2 Å². The molecule has 36 heavy (non-hydrogen) atoms. The summed E-state index contributed by atoms with van der Waals surface area (Å²) < 4.78 is 29.1. The number of halogens is 3. The summed E-state index contributed by atoms with van der Waals surface area (Å²) in [4.78, 5) is 20.2. The summed E-state index contributed by atoms with van der Waals surface area (Å²) in [5, 5.41) is -0.0124. The predicted octanol–water partition coefficient (Wildman–Crippen LogP) is 8.43. The molecule has 2 aromatic carbocycles. The van der Waals surface area contributed by atoms with Crippen molar-refractivity contribution < 1.29 is 13.6 Å². The lowest BCUT2D eigenvalue weighted by molar-refractivity contribution is 0.0619. The smallest absolute Gasteiger partial charge is 0.266 e. The Morgan fingerprint density at radius 1 is 1.00 bits per heavy atom. The Kier molecular flexibility index (Phi) is 7.35. The molecule has 0 unspecified atom stereocenters. The molecule has 2 aromatic heterocycles. The van der Waals surface area contributed by atoms with Gasteiger partial charge in [0.05, 0.1) is 15.1 Å². The number of hydrogen-bond donors (Lipinski definition) is 0. The number of rotatable bonds is 6. The number of fused-ring (bicyclic) bond motifs is 1. The Hall–Kier alpha value is -2.83. The quantitative estimate of drug-likeness (QED) is 0.253. The van der Waals surface area contributed by atoms with Gasteiger partial charge in [-0.2, -0.15) is 0 Å². The second-order valence-electron chi connectivity index (χ2n) is 9.28. The van der Waals surface area contributed by atoms with Gasteiger partial charge in [-0.3, -0.25) is 9.78 Å². The van der Waals surface area contributed by atoms with Gasteiger partial charge >= 0.3 is 0 Å². The van der Waals surface area contributed by atoms with Gasteiger partial charge in [0.15, 0.2) is 0 Å². The Morgan fingerprint density at radius 3 is 2.42 bits per heavy atom. The molecule has 1 fully saturated rings. The molecule has 0 N–H and O–H groups in total. The highest BCUT2D eigenvalue weighted by Gasteiger charge is 2.31. The van der Waals surface area contributed by atoms with Crippen molar-refractivity contribution in [3.8, 4) is 11.1 Å². The van der Waals surface area contributed by atoms with Crippen molar-refractivity contribution in [1.29, 1.82) is 0 Å². The van der Waals surface area contributed by atoms with E-state index in [4.69, 9.17) is 11.6 Å². The first-order chi connectivity index (χ1) is 17.5. The maximum absolute atomic E-state index is 14.5. The first kappa shape index (κ1) is 24.8. The second-order valence-corrected chi connectivity index (χ2v) is 10.7. The van der Waals surface area contributed by atoms with E-state index in [-0.39, 0.29) is 31.9 Å². The number of carbonyl (C=O) groups excluding carboxylic acids is 1. The molecule has 3 nitrogen and oxygen atoms in total. The summed E-state index contributed by atoms with van der Waals surface area (Å²) in [6.07, 6.45) is 9.43. The van der Waals surface area contributed by atoms with Crippen LogP contribution in [0.15, 0.2) is 54.9 Å². The molecule has 2 heterocycles. The van der Waals surface area contributed by atoms with Gasteiger partial charge in [0, 0.05) is 25.0 Å². The Labute approximate surface area is 218 Å². The number of carbonyl (C=O) groups is 1. The van der Waals surface area contributed by atoms with Crippen LogP contribution >= 0.6 is 22.9 Å². The van der Waals surface area contributed by atoms with Crippen LogP contribution in [0.25, 0.3) is 21.2 Å². The van der Waals surface area contributed by atoms with Crippen molar-refractivity contribution in [2.45, 2.75) is 58.0 Å². The first-order valence-electron chi connectivity index (χ1n) is 12.4. The fourth-order valence-corrected chi connectivity index (χ4v) is 6.66. The highest BCUT2D eigenvalue weighted by Crippen LogP contribution is 2.40. The van der Waals surface area contributed by atoms with E-state index in [0.29, 0.717) is 6.54 Å². The highest BCUT2D eigenvalue weighted by molar-refractivity contribution is 7.21. The molecular formula is C29H27ClF2N2OS. The van der Waals surface area contributed by atoms with E-state index in [0.717, 1.165) is 78.7 Å². The number of aryl methyl sites for hydroxylation is 1. The summed E-state index contributed by atoms with van der Waals surface area (Å²) in [7, 11) is 0. The van der Waals surface area contributed by atoms with Gasteiger partial charge < -0.3 is 4.90 Å². The van der Waals surface area contributed by atoms with E-state index in [9.17, 15) is 13.6 Å². The van der Waals surface area contributed by atoms with Crippen molar-refractivity contribution in [1.82, 2.24) is 9.88 Å². The van der Waals surface area contributed by atoms with E-state index < -0.39 is 11.6 Å². The Balaban J connectivity index is 1.57. The lowest BCUT2D eigenvalue weighted by Gasteiger charge is -2.35. The molecule has 1 amide bonds. The molecule has 1 aliphatic carbocycles. The largest absolute Gasteiger partial charge is 0.331 e. The van der Waals surface area contributed by atoms with Gasteiger partial charge in [-0.1, -0.05) is 49.9 Å². The molecule has 0 saturated heterocycles.